The summed E-state index contributed by atoms with van der Waals surface area (Å²) in [4.78, 5) is 13.2. The van der Waals surface area contributed by atoms with Gasteiger partial charge in [-0.25, -0.2) is 21.6 Å². The van der Waals surface area contributed by atoms with Crippen molar-refractivity contribution in [3.63, 3.8) is 0 Å². The first kappa shape index (κ1) is 26.9. The van der Waals surface area contributed by atoms with Crippen LogP contribution in [0.3, 0.4) is 0 Å². The third-order valence-electron chi connectivity index (χ3n) is 4.52. The number of carbonyl (C=O) groups excluding carboxylic acids is 1. The number of anilines is 2. The lowest BCUT2D eigenvalue weighted by Gasteiger charge is -2.30. The summed E-state index contributed by atoms with van der Waals surface area (Å²) in [6.07, 6.45) is 1.13. The number of amides is 1. The summed E-state index contributed by atoms with van der Waals surface area (Å²) in [7, 11) is -6.33. The zero-order valence-corrected chi connectivity index (χ0v) is 21.4. The Labute approximate surface area is 200 Å². The molecular weight excluding hydrogens is 490 g/mol. The molecule has 2 aromatic carbocycles. The van der Waals surface area contributed by atoms with Gasteiger partial charge in [-0.2, -0.15) is 0 Å². The molecule has 9 nitrogen and oxygen atoms in total. The van der Waals surface area contributed by atoms with Gasteiger partial charge in [0.05, 0.1) is 29.6 Å². The van der Waals surface area contributed by atoms with Crippen LogP contribution >= 0.6 is 11.6 Å². The summed E-state index contributed by atoms with van der Waals surface area (Å²) >= 11 is 6.03. The average molecular weight is 518 g/mol. The van der Waals surface area contributed by atoms with Crippen LogP contribution in [0.4, 0.5) is 11.4 Å². The second-order valence-electron chi connectivity index (χ2n) is 7.59. The Morgan fingerprint density at radius 3 is 2.30 bits per heavy atom. The normalized spacial score (nSPS) is 12.9. The topological polar surface area (TPSA) is 122 Å². The summed E-state index contributed by atoms with van der Waals surface area (Å²) in [5.74, 6) is -0.442. The lowest BCUT2D eigenvalue weighted by molar-refractivity contribution is -0.117. The summed E-state index contributed by atoms with van der Waals surface area (Å²) in [6.45, 7) is 5.04. The molecule has 0 fully saturated rings. The van der Waals surface area contributed by atoms with Crippen LogP contribution in [0.15, 0.2) is 47.4 Å². The molecule has 0 radical (unpaired) electrons. The predicted octanol–water partition coefficient (Wildman–Crippen LogP) is 3.22. The van der Waals surface area contributed by atoms with Gasteiger partial charge < -0.3 is 10.1 Å². The molecule has 0 aliphatic rings. The molecule has 0 saturated carbocycles. The molecule has 2 rings (SSSR count). The predicted molar refractivity (Wildman–Crippen MR) is 130 cm³/mol. The van der Waals surface area contributed by atoms with Gasteiger partial charge in [-0.05, 0) is 56.7 Å². The highest BCUT2D eigenvalue weighted by Gasteiger charge is 2.32. The van der Waals surface area contributed by atoms with E-state index in [9.17, 15) is 21.6 Å². The van der Waals surface area contributed by atoms with E-state index in [4.69, 9.17) is 16.3 Å². The minimum absolute atomic E-state index is 0.0739. The molecule has 0 bridgehead atoms. The highest BCUT2D eigenvalue weighted by molar-refractivity contribution is 7.92. The summed E-state index contributed by atoms with van der Waals surface area (Å²) < 4.78 is 59.0. The van der Waals surface area contributed by atoms with Crippen molar-refractivity contribution in [2.75, 3.05) is 23.0 Å². The number of nitrogens with one attached hydrogen (secondary N) is 2. The molecule has 1 amide bonds. The molecule has 182 valence electrons. The van der Waals surface area contributed by atoms with E-state index < -0.39 is 32.0 Å². The first-order valence-corrected chi connectivity index (χ1v) is 13.8. The van der Waals surface area contributed by atoms with Crippen molar-refractivity contribution in [3.8, 4) is 5.75 Å². The Bertz CT molecular complexity index is 1220. The molecule has 1 unspecified atom stereocenters. The van der Waals surface area contributed by atoms with Gasteiger partial charge >= 0.3 is 0 Å². The molecule has 12 heteroatoms. The van der Waals surface area contributed by atoms with Crippen molar-refractivity contribution in [3.05, 3.63) is 47.5 Å². The largest absolute Gasteiger partial charge is 0.495 e. The van der Waals surface area contributed by atoms with E-state index in [-0.39, 0.29) is 34.5 Å². The third kappa shape index (κ3) is 6.83. The van der Waals surface area contributed by atoms with Crippen LogP contribution in [-0.2, 0) is 24.8 Å². The van der Waals surface area contributed by atoms with Gasteiger partial charge in [0.15, 0.2) is 0 Å². The number of hydrogen-bond donors (Lipinski definition) is 2. The van der Waals surface area contributed by atoms with Crippen LogP contribution in [0.1, 0.15) is 27.2 Å². The van der Waals surface area contributed by atoms with Crippen LogP contribution in [0.5, 0.6) is 5.75 Å². The quantitative estimate of drug-likeness (QED) is 0.499. The molecular formula is C21H28ClN3O6S2. The van der Waals surface area contributed by atoms with Gasteiger partial charge in [0.2, 0.25) is 26.0 Å². The molecule has 0 saturated heterocycles. The zero-order chi connectivity index (χ0) is 25.0. The second-order valence-corrected chi connectivity index (χ2v) is 11.6. The third-order valence-corrected chi connectivity index (χ3v) is 7.59. The molecule has 2 N–H and O–H groups in total. The van der Waals surface area contributed by atoms with E-state index in [1.165, 1.54) is 37.4 Å². The van der Waals surface area contributed by atoms with Crippen molar-refractivity contribution < 1.29 is 26.4 Å². The van der Waals surface area contributed by atoms with Gasteiger partial charge in [-0.1, -0.05) is 24.6 Å². The van der Waals surface area contributed by atoms with Gasteiger partial charge in [0.1, 0.15) is 11.8 Å². The number of halogens is 1. The van der Waals surface area contributed by atoms with Crippen molar-refractivity contribution in [1.29, 1.82) is 0 Å². The number of rotatable bonds is 10. The highest BCUT2D eigenvalue weighted by Crippen LogP contribution is 2.30. The van der Waals surface area contributed by atoms with Crippen molar-refractivity contribution in [2.24, 2.45) is 0 Å². The lowest BCUT2D eigenvalue weighted by atomic mass is 10.1. The molecule has 33 heavy (non-hydrogen) atoms. The zero-order valence-electron chi connectivity index (χ0n) is 19.0. The molecule has 2 aromatic rings. The van der Waals surface area contributed by atoms with E-state index in [0.29, 0.717) is 5.02 Å². The van der Waals surface area contributed by atoms with Crippen molar-refractivity contribution in [2.45, 2.75) is 44.2 Å². The molecule has 0 aromatic heterocycles. The van der Waals surface area contributed by atoms with Gasteiger partial charge in [0, 0.05) is 11.1 Å². The molecule has 0 aliphatic carbocycles. The van der Waals surface area contributed by atoms with Gasteiger partial charge in [-0.15, -0.1) is 0 Å². The number of benzene rings is 2. The maximum absolute atomic E-state index is 13.2. The van der Waals surface area contributed by atoms with E-state index in [2.05, 4.69) is 10.0 Å². The highest BCUT2D eigenvalue weighted by atomic mass is 35.5. The Morgan fingerprint density at radius 2 is 1.79 bits per heavy atom. The van der Waals surface area contributed by atoms with Crippen LogP contribution in [0, 0.1) is 0 Å². The molecule has 0 heterocycles. The number of ether oxygens (including phenoxy) is 1. The summed E-state index contributed by atoms with van der Waals surface area (Å²) in [5, 5.41) is 2.93. The minimum Gasteiger partial charge on any atom is -0.495 e. The fourth-order valence-corrected chi connectivity index (χ4v) is 5.88. The summed E-state index contributed by atoms with van der Waals surface area (Å²) in [5.41, 5.74) is 0.323. The van der Waals surface area contributed by atoms with Gasteiger partial charge in [-0.3, -0.25) is 9.10 Å². The van der Waals surface area contributed by atoms with Crippen molar-refractivity contribution in [1.82, 2.24) is 4.72 Å². The van der Waals surface area contributed by atoms with Crippen LogP contribution in [-0.4, -0.2) is 48.2 Å². The van der Waals surface area contributed by atoms with E-state index >= 15 is 0 Å². The first-order valence-electron chi connectivity index (χ1n) is 10.1. The maximum atomic E-state index is 13.2. The maximum Gasteiger partial charge on any atom is 0.248 e. The Balaban J connectivity index is 2.48. The van der Waals surface area contributed by atoms with Crippen LogP contribution in [0.2, 0.25) is 5.02 Å². The number of methoxy groups -OCH3 is 1. The summed E-state index contributed by atoms with van der Waals surface area (Å²) in [6, 6.07) is 8.73. The molecule has 1 atom stereocenters. The van der Waals surface area contributed by atoms with Crippen LogP contribution in [0.25, 0.3) is 0 Å². The van der Waals surface area contributed by atoms with Crippen molar-refractivity contribution >= 4 is 48.9 Å². The second kappa shape index (κ2) is 10.7. The average Bonchev–Trinajstić information content (AvgIpc) is 2.69. The SMILES string of the molecule is CCC(C(=O)Nc1cc(S(=O)(=O)NC(C)C)ccc1OC)N(c1cccc(Cl)c1)S(C)(=O)=O. The fraction of sp³-hybridized carbons (Fsp3) is 0.381. The lowest BCUT2D eigenvalue weighted by Crippen LogP contribution is -2.47. The Morgan fingerprint density at radius 1 is 1.12 bits per heavy atom. The van der Waals surface area contributed by atoms with E-state index in [1.807, 2.05) is 0 Å². The van der Waals surface area contributed by atoms with E-state index in [0.717, 1.165) is 10.6 Å². The standard InChI is InChI=1S/C21H28ClN3O6S2/c1-6-19(25(32(5,27)28)16-9-7-8-15(22)12-16)21(26)23-18-13-17(10-11-20(18)31-4)33(29,30)24-14(2)3/h7-14,19,24H,6H2,1-5H3,(H,23,26). The van der Waals surface area contributed by atoms with Crippen LogP contribution < -0.4 is 19.1 Å². The number of carbonyl (C=O) groups is 1. The minimum atomic E-state index is -3.87. The van der Waals surface area contributed by atoms with Gasteiger partial charge in [0.25, 0.3) is 0 Å². The molecule has 0 aliphatic heterocycles. The number of hydrogen-bond acceptors (Lipinski definition) is 6. The molecule has 0 spiro atoms. The van der Waals surface area contributed by atoms with E-state index in [1.54, 1.807) is 32.9 Å². The Hall–Kier alpha value is -2.34. The smallest absolute Gasteiger partial charge is 0.248 e. The number of sulfonamides is 2. The monoisotopic (exact) mass is 517 g/mol. The first-order chi connectivity index (χ1) is 15.3. The number of nitrogens with zero attached hydrogens (tertiary/aromatic N) is 1. The Kier molecular flexibility index (Phi) is 8.75. The fourth-order valence-electron chi connectivity index (χ4n) is 3.22.